The summed E-state index contributed by atoms with van der Waals surface area (Å²) in [5.74, 6) is 2.61. The molecular formula is C42H31N11. The second-order valence-electron chi connectivity index (χ2n) is 12.4. The van der Waals surface area contributed by atoms with Crippen molar-refractivity contribution in [2.24, 2.45) is 4.99 Å². The zero-order valence-corrected chi connectivity index (χ0v) is 28.9. The summed E-state index contributed by atoms with van der Waals surface area (Å²) in [7, 11) is 0. The van der Waals surface area contributed by atoms with E-state index in [2.05, 4.69) is 61.0 Å². The number of imidazole rings is 3. The van der Waals surface area contributed by atoms with Crippen molar-refractivity contribution in [3.8, 4) is 51.2 Å². The molecule has 254 valence electrons. The van der Waals surface area contributed by atoms with E-state index in [-0.39, 0.29) is 0 Å². The molecule has 0 amide bonds. The van der Waals surface area contributed by atoms with E-state index in [9.17, 15) is 0 Å². The molecule has 0 saturated carbocycles. The molecule has 0 aliphatic rings. The molecule has 5 heterocycles. The first-order chi connectivity index (χ1) is 26.1. The van der Waals surface area contributed by atoms with Gasteiger partial charge in [0.15, 0.2) is 28.4 Å². The summed E-state index contributed by atoms with van der Waals surface area (Å²) in [5.41, 5.74) is 9.23. The summed E-state index contributed by atoms with van der Waals surface area (Å²) >= 11 is 0. The van der Waals surface area contributed by atoms with E-state index in [1.807, 2.05) is 97.3 Å². The van der Waals surface area contributed by atoms with Crippen molar-refractivity contribution in [2.45, 2.75) is 13.8 Å². The van der Waals surface area contributed by atoms with Crippen LogP contribution < -0.4 is 0 Å². The summed E-state index contributed by atoms with van der Waals surface area (Å²) in [6.45, 7) is 7.78. The fourth-order valence-electron chi connectivity index (χ4n) is 6.62. The number of nitrogens with zero attached hydrogens (tertiary/aromatic N) is 11. The number of hydrogen-bond acceptors (Lipinski definition) is 8. The Kier molecular flexibility index (Phi) is 7.77. The molecule has 0 saturated heterocycles. The molecule has 0 spiro atoms. The molecule has 4 aromatic carbocycles. The Bertz CT molecular complexity index is 2810. The van der Waals surface area contributed by atoms with Gasteiger partial charge in [-0.25, -0.2) is 39.9 Å². The topological polar surface area (TPSA) is 117 Å². The van der Waals surface area contributed by atoms with Crippen molar-refractivity contribution >= 4 is 34.6 Å². The molecule has 0 unspecified atom stereocenters. The molecule has 53 heavy (non-hydrogen) atoms. The molecule has 9 rings (SSSR count). The maximum atomic E-state index is 5.14. The first-order valence-corrected chi connectivity index (χ1v) is 17.1. The van der Waals surface area contributed by atoms with Crippen molar-refractivity contribution in [1.29, 1.82) is 0 Å². The van der Waals surface area contributed by atoms with Crippen LogP contribution >= 0.6 is 0 Å². The van der Waals surface area contributed by atoms with Gasteiger partial charge >= 0.3 is 0 Å². The van der Waals surface area contributed by atoms with Gasteiger partial charge in [-0.05, 0) is 68.4 Å². The standard InChI is InChI=1S/C42H31N11/c1-4-20-43-35-28(3)51(32-14-8-5-9-15-32)38(48-35)29-23-30(39-49-36-41(45-22-21-44-36)52(39)33-16-10-6-11-17-33)25-31(24-29)40-50-37-42(47-27(2)26-46-37)53(40)34-18-12-7-13-19-34/h4-26H,1H2,2-3H3. The van der Waals surface area contributed by atoms with Crippen LogP contribution in [0.4, 0.5) is 5.82 Å². The number of para-hydroxylation sites is 3. The van der Waals surface area contributed by atoms with E-state index in [1.54, 1.807) is 30.9 Å². The lowest BCUT2D eigenvalue weighted by atomic mass is 10.0. The highest BCUT2D eigenvalue weighted by Gasteiger charge is 2.24. The van der Waals surface area contributed by atoms with Gasteiger partial charge in [0.2, 0.25) is 0 Å². The van der Waals surface area contributed by atoms with E-state index in [1.165, 1.54) is 0 Å². The van der Waals surface area contributed by atoms with Gasteiger partial charge in [0, 0.05) is 52.4 Å². The Morgan fingerprint density at radius 1 is 0.547 bits per heavy atom. The molecular weight excluding hydrogens is 659 g/mol. The Hall–Kier alpha value is -7.40. The Labute approximate surface area is 304 Å². The third-order valence-corrected chi connectivity index (χ3v) is 8.92. The van der Waals surface area contributed by atoms with E-state index in [0.717, 1.165) is 45.1 Å². The summed E-state index contributed by atoms with van der Waals surface area (Å²) < 4.78 is 6.21. The number of aromatic nitrogens is 10. The van der Waals surface area contributed by atoms with Crippen LogP contribution in [0.5, 0.6) is 0 Å². The smallest absolute Gasteiger partial charge is 0.198 e. The van der Waals surface area contributed by atoms with Gasteiger partial charge in [-0.3, -0.25) is 13.7 Å². The second-order valence-corrected chi connectivity index (χ2v) is 12.4. The first kappa shape index (κ1) is 31.6. The number of allylic oxidation sites excluding steroid dienone is 1. The molecule has 11 nitrogen and oxygen atoms in total. The normalized spacial score (nSPS) is 11.6. The predicted molar refractivity (Wildman–Crippen MR) is 208 cm³/mol. The van der Waals surface area contributed by atoms with Crippen LogP contribution in [0.15, 0.2) is 145 Å². The fraction of sp³-hybridized carbons (Fsp3) is 0.0476. The Balaban J connectivity index is 1.39. The van der Waals surface area contributed by atoms with Crippen LogP contribution in [0.3, 0.4) is 0 Å². The molecule has 0 atom stereocenters. The van der Waals surface area contributed by atoms with Crippen LogP contribution in [0.1, 0.15) is 11.4 Å². The molecule has 0 bridgehead atoms. The Morgan fingerprint density at radius 2 is 1.04 bits per heavy atom. The summed E-state index contributed by atoms with van der Waals surface area (Å²) in [5, 5.41) is 0. The van der Waals surface area contributed by atoms with Crippen molar-refractivity contribution in [1.82, 2.24) is 48.6 Å². The highest BCUT2D eigenvalue weighted by atomic mass is 15.2. The quantitative estimate of drug-likeness (QED) is 0.147. The fourth-order valence-corrected chi connectivity index (χ4v) is 6.62. The van der Waals surface area contributed by atoms with Gasteiger partial charge in [-0.15, -0.1) is 0 Å². The molecule has 9 aromatic rings. The average molecular weight is 690 g/mol. The van der Waals surface area contributed by atoms with Crippen LogP contribution in [0.2, 0.25) is 0 Å². The van der Waals surface area contributed by atoms with E-state index >= 15 is 0 Å². The van der Waals surface area contributed by atoms with Crippen LogP contribution in [-0.2, 0) is 0 Å². The molecule has 11 heteroatoms. The van der Waals surface area contributed by atoms with E-state index in [4.69, 9.17) is 24.9 Å². The number of rotatable bonds is 8. The minimum Gasteiger partial charge on any atom is -0.295 e. The van der Waals surface area contributed by atoms with Crippen LogP contribution in [0.25, 0.3) is 73.8 Å². The van der Waals surface area contributed by atoms with E-state index in [0.29, 0.717) is 45.9 Å². The lowest BCUT2D eigenvalue weighted by Crippen LogP contribution is -2.03. The maximum Gasteiger partial charge on any atom is 0.198 e. The van der Waals surface area contributed by atoms with Crippen LogP contribution in [-0.4, -0.2) is 54.8 Å². The van der Waals surface area contributed by atoms with Gasteiger partial charge < -0.3 is 0 Å². The minimum absolute atomic E-state index is 0.529. The van der Waals surface area contributed by atoms with Gasteiger partial charge in [-0.1, -0.05) is 67.3 Å². The summed E-state index contributed by atoms with van der Waals surface area (Å²) in [4.78, 5) is 38.9. The summed E-state index contributed by atoms with van der Waals surface area (Å²) in [6.07, 6.45) is 8.38. The lowest BCUT2D eigenvalue weighted by Gasteiger charge is -2.15. The third kappa shape index (κ3) is 5.56. The third-order valence-electron chi connectivity index (χ3n) is 8.92. The van der Waals surface area contributed by atoms with Crippen LogP contribution in [0, 0.1) is 13.8 Å². The molecule has 0 aliphatic carbocycles. The predicted octanol–water partition coefficient (Wildman–Crippen LogP) is 8.64. The van der Waals surface area contributed by atoms with Crippen molar-refractivity contribution in [3.63, 3.8) is 0 Å². The summed E-state index contributed by atoms with van der Waals surface area (Å²) in [6, 6.07) is 36.6. The largest absolute Gasteiger partial charge is 0.295 e. The number of aliphatic imine (C=N–C) groups is 1. The number of aryl methyl sites for hydroxylation is 1. The zero-order chi connectivity index (χ0) is 35.9. The molecule has 5 aromatic heterocycles. The monoisotopic (exact) mass is 689 g/mol. The SMILES string of the molecule is C=CC=Nc1nc(-c2cc(-c3nc4nccnc4n3-c3ccccc3)cc(-c3nc4ncc(C)nc4n3-c3ccccc3)c2)n(-c2ccccc2)c1C. The van der Waals surface area contributed by atoms with Gasteiger partial charge in [-0.2, -0.15) is 0 Å². The molecule has 0 N–H and O–H groups in total. The highest BCUT2D eigenvalue weighted by molar-refractivity contribution is 5.85. The molecule has 0 fully saturated rings. The first-order valence-electron chi connectivity index (χ1n) is 17.1. The Morgan fingerprint density at radius 3 is 1.60 bits per heavy atom. The maximum absolute atomic E-state index is 5.14. The van der Waals surface area contributed by atoms with Crippen molar-refractivity contribution < 1.29 is 0 Å². The molecule has 0 aliphatic heterocycles. The van der Waals surface area contributed by atoms with Crippen molar-refractivity contribution in [2.75, 3.05) is 0 Å². The number of hydrogen-bond donors (Lipinski definition) is 0. The zero-order valence-electron chi connectivity index (χ0n) is 28.9. The average Bonchev–Trinajstić information content (AvgIpc) is 3.89. The van der Waals surface area contributed by atoms with E-state index < -0.39 is 0 Å². The van der Waals surface area contributed by atoms with Gasteiger partial charge in [0.1, 0.15) is 17.5 Å². The number of fused-ring (bicyclic) bond motifs is 2. The highest BCUT2D eigenvalue weighted by Crippen LogP contribution is 2.38. The minimum atomic E-state index is 0.529. The molecule has 0 radical (unpaired) electrons. The van der Waals surface area contributed by atoms with Gasteiger partial charge in [0.05, 0.1) is 17.6 Å². The van der Waals surface area contributed by atoms with Crippen molar-refractivity contribution in [3.05, 3.63) is 152 Å². The number of benzene rings is 4. The van der Waals surface area contributed by atoms with Gasteiger partial charge in [0.25, 0.3) is 0 Å². The lowest BCUT2D eigenvalue weighted by molar-refractivity contribution is 1.01. The second kappa shape index (κ2) is 13.1.